The lowest BCUT2D eigenvalue weighted by atomic mass is 10.2. The molecule has 2 aromatic rings. The number of rotatable bonds is 6. The van der Waals surface area contributed by atoms with Gasteiger partial charge in [0.1, 0.15) is 5.75 Å². The summed E-state index contributed by atoms with van der Waals surface area (Å²) in [6.45, 7) is 0.152. The van der Waals surface area contributed by atoms with Gasteiger partial charge in [-0.1, -0.05) is 18.2 Å². The first-order chi connectivity index (χ1) is 9.75. The van der Waals surface area contributed by atoms with Crippen molar-refractivity contribution in [1.82, 2.24) is 4.98 Å². The molecule has 5 heteroatoms. The number of nitrogens with two attached hydrogens (primary N) is 1. The molecule has 0 atom stereocenters. The summed E-state index contributed by atoms with van der Waals surface area (Å²) in [5.74, 6) is 0.0638. The van der Waals surface area contributed by atoms with Gasteiger partial charge in [0.25, 0.3) is 0 Å². The second-order valence-electron chi connectivity index (χ2n) is 4.16. The third-order valence-electron chi connectivity index (χ3n) is 2.64. The quantitative estimate of drug-likeness (QED) is 0.641. The number of hydrogen-bond acceptors (Lipinski definition) is 5. The lowest BCUT2D eigenvalue weighted by Gasteiger charge is -2.08. The minimum atomic E-state index is -0.419. The minimum Gasteiger partial charge on any atom is -0.480 e. The monoisotopic (exact) mass is 272 g/mol. The highest BCUT2D eigenvalue weighted by Crippen LogP contribution is 2.19. The van der Waals surface area contributed by atoms with Crippen molar-refractivity contribution >= 4 is 11.7 Å². The summed E-state index contributed by atoms with van der Waals surface area (Å²) >= 11 is 0. The molecule has 0 radical (unpaired) electrons. The van der Waals surface area contributed by atoms with Crippen LogP contribution in [0, 0.1) is 0 Å². The predicted octanol–water partition coefficient (Wildman–Crippen LogP) is 1.83. The van der Waals surface area contributed by atoms with E-state index in [9.17, 15) is 4.79 Å². The topological polar surface area (TPSA) is 74.4 Å². The molecule has 2 N–H and O–H groups in total. The van der Waals surface area contributed by atoms with Gasteiger partial charge in [-0.05, 0) is 23.8 Å². The summed E-state index contributed by atoms with van der Waals surface area (Å²) in [7, 11) is 0. The van der Waals surface area contributed by atoms with E-state index in [0.717, 1.165) is 5.56 Å². The van der Waals surface area contributed by atoms with E-state index in [1.165, 1.54) is 0 Å². The number of benzene rings is 1. The lowest BCUT2D eigenvalue weighted by Crippen LogP contribution is -2.16. The number of nitrogens with zero attached hydrogens (tertiary/aromatic N) is 1. The highest BCUT2D eigenvalue weighted by atomic mass is 16.6. The number of carbonyl (C=O) groups excluding carboxylic acids is 1. The van der Waals surface area contributed by atoms with Crippen molar-refractivity contribution in [2.75, 3.05) is 18.9 Å². The molecule has 20 heavy (non-hydrogen) atoms. The summed E-state index contributed by atoms with van der Waals surface area (Å²) in [6, 6.07) is 10.8. The van der Waals surface area contributed by atoms with Crippen molar-refractivity contribution in [3.63, 3.8) is 0 Å². The van der Waals surface area contributed by atoms with Crippen LogP contribution in [-0.2, 0) is 16.0 Å². The first kappa shape index (κ1) is 13.9. The van der Waals surface area contributed by atoms with E-state index in [2.05, 4.69) is 4.98 Å². The average molecular weight is 272 g/mol. The van der Waals surface area contributed by atoms with Crippen LogP contribution in [0.15, 0.2) is 48.8 Å². The minimum absolute atomic E-state index is 0.152. The van der Waals surface area contributed by atoms with Crippen LogP contribution in [0.5, 0.6) is 5.75 Å². The molecule has 5 nitrogen and oxygen atoms in total. The van der Waals surface area contributed by atoms with Crippen molar-refractivity contribution in [2.24, 2.45) is 0 Å². The van der Waals surface area contributed by atoms with Crippen LogP contribution in [-0.4, -0.2) is 24.2 Å². The van der Waals surface area contributed by atoms with Gasteiger partial charge in [-0.3, -0.25) is 4.98 Å². The molecular formula is C15H16N2O3. The zero-order chi connectivity index (χ0) is 14.2. The Hall–Kier alpha value is -2.56. The Labute approximate surface area is 117 Å². The Morgan fingerprint density at radius 2 is 2.05 bits per heavy atom. The van der Waals surface area contributed by atoms with Gasteiger partial charge < -0.3 is 15.2 Å². The van der Waals surface area contributed by atoms with Gasteiger partial charge in [0.15, 0.2) is 6.61 Å². The van der Waals surface area contributed by atoms with Crippen molar-refractivity contribution in [2.45, 2.75) is 6.42 Å². The molecule has 0 bridgehead atoms. The SMILES string of the molecule is Nc1ccccc1OCC(=O)OCCc1cccnc1. The number of aromatic nitrogens is 1. The Morgan fingerprint density at radius 3 is 2.80 bits per heavy atom. The van der Waals surface area contributed by atoms with Crippen molar-refractivity contribution in [3.8, 4) is 5.75 Å². The Kier molecular flexibility index (Phi) is 4.94. The van der Waals surface area contributed by atoms with Crippen molar-refractivity contribution < 1.29 is 14.3 Å². The van der Waals surface area contributed by atoms with Gasteiger partial charge in [-0.15, -0.1) is 0 Å². The van der Waals surface area contributed by atoms with Crippen LogP contribution in [0.4, 0.5) is 5.69 Å². The lowest BCUT2D eigenvalue weighted by molar-refractivity contribution is -0.145. The van der Waals surface area contributed by atoms with Gasteiger partial charge in [0.05, 0.1) is 12.3 Å². The molecular weight excluding hydrogens is 256 g/mol. The van der Waals surface area contributed by atoms with E-state index < -0.39 is 5.97 Å². The van der Waals surface area contributed by atoms with Gasteiger partial charge in [0, 0.05) is 18.8 Å². The van der Waals surface area contributed by atoms with Crippen molar-refractivity contribution in [3.05, 3.63) is 54.4 Å². The second kappa shape index (κ2) is 7.13. The highest BCUT2D eigenvalue weighted by molar-refractivity contribution is 5.71. The van der Waals surface area contributed by atoms with E-state index in [4.69, 9.17) is 15.2 Å². The molecule has 0 saturated heterocycles. The fourth-order valence-corrected chi connectivity index (χ4v) is 1.62. The van der Waals surface area contributed by atoms with Gasteiger partial charge in [0.2, 0.25) is 0 Å². The Morgan fingerprint density at radius 1 is 1.20 bits per heavy atom. The van der Waals surface area contributed by atoms with E-state index in [1.54, 1.807) is 36.7 Å². The van der Waals surface area contributed by atoms with Gasteiger partial charge >= 0.3 is 5.97 Å². The van der Waals surface area contributed by atoms with Crippen molar-refractivity contribution in [1.29, 1.82) is 0 Å². The normalized spacial score (nSPS) is 10.0. The fourth-order valence-electron chi connectivity index (χ4n) is 1.62. The third-order valence-corrected chi connectivity index (χ3v) is 2.64. The van der Waals surface area contributed by atoms with Crippen LogP contribution >= 0.6 is 0 Å². The summed E-state index contributed by atoms with van der Waals surface area (Å²) < 4.78 is 10.4. The zero-order valence-electron chi connectivity index (χ0n) is 11.0. The standard InChI is InChI=1S/C15H16N2O3/c16-13-5-1-2-6-14(13)20-11-15(18)19-9-7-12-4-3-8-17-10-12/h1-6,8,10H,7,9,11,16H2. The van der Waals surface area contributed by atoms with Gasteiger partial charge in [-0.25, -0.2) is 4.79 Å². The molecule has 0 aliphatic rings. The van der Waals surface area contributed by atoms with E-state index in [-0.39, 0.29) is 6.61 Å². The molecule has 0 fully saturated rings. The maximum Gasteiger partial charge on any atom is 0.344 e. The average Bonchev–Trinajstić information content (AvgIpc) is 2.47. The van der Waals surface area contributed by atoms with E-state index >= 15 is 0 Å². The maximum absolute atomic E-state index is 11.5. The first-order valence-electron chi connectivity index (χ1n) is 6.27. The maximum atomic E-state index is 11.5. The molecule has 0 unspecified atom stereocenters. The Balaban J connectivity index is 1.70. The van der Waals surface area contributed by atoms with E-state index in [0.29, 0.717) is 24.5 Å². The van der Waals surface area contributed by atoms with Crippen LogP contribution < -0.4 is 10.5 Å². The number of nitrogen functional groups attached to an aromatic ring is 1. The summed E-state index contributed by atoms with van der Waals surface area (Å²) in [4.78, 5) is 15.5. The van der Waals surface area contributed by atoms with Crippen LogP contribution in [0.1, 0.15) is 5.56 Å². The van der Waals surface area contributed by atoms with Crippen LogP contribution in [0.2, 0.25) is 0 Å². The first-order valence-corrected chi connectivity index (χ1v) is 6.27. The molecule has 2 rings (SSSR count). The fraction of sp³-hybridized carbons (Fsp3) is 0.200. The molecule has 1 aromatic carbocycles. The smallest absolute Gasteiger partial charge is 0.344 e. The number of hydrogen-bond donors (Lipinski definition) is 1. The molecule has 0 aliphatic carbocycles. The number of ether oxygens (including phenoxy) is 2. The largest absolute Gasteiger partial charge is 0.480 e. The van der Waals surface area contributed by atoms with Crippen LogP contribution in [0.3, 0.4) is 0 Å². The predicted molar refractivity (Wildman–Crippen MR) is 75.2 cm³/mol. The Bertz CT molecular complexity index is 558. The summed E-state index contributed by atoms with van der Waals surface area (Å²) in [6.07, 6.45) is 4.08. The van der Waals surface area contributed by atoms with E-state index in [1.807, 2.05) is 12.1 Å². The molecule has 104 valence electrons. The molecule has 0 spiro atoms. The number of esters is 1. The third kappa shape index (κ3) is 4.28. The number of carbonyl (C=O) groups is 1. The zero-order valence-corrected chi connectivity index (χ0v) is 11.0. The summed E-state index contributed by atoms with van der Waals surface area (Å²) in [5.41, 5.74) is 7.22. The number of para-hydroxylation sites is 2. The van der Waals surface area contributed by atoms with Crippen LogP contribution in [0.25, 0.3) is 0 Å². The molecule has 0 amide bonds. The molecule has 1 aromatic heterocycles. The summed E-state index contributed by atoms with van der Waals surface area (Å²) in [5, 5.41) is 0. The molecule has 1 heterocycles. The molecule has 0 aliphatic heterocycles. The highest BCUT2D eigenvalue weighted by Gasteiger charge is 2.06. The number of pyridine rings is 1. The number of anilines is 1. The van der Waals surface area contributed by atoms with Gasteiger partial charge in [-0.2, -0.15) is 0 Å². The second-order valence-corrected chi connectivity index (χ2v) is 4.16. The molecule has 0 saturated carbocycles.